The summed E-state index contributed by atoms with van der Waals surface area (Å²) in [7, 11) is 0. The number of nitrogens with zero attached hydrogens (tertiary/aromatic N) is 4. The third kappa shape index (κ3) is 3.64. The first-order valence-corrected chi connectivity index (χ1v) is 8.40. The van der Waals surface area contributed by atoms with Gasteiger partial charge in [0.1, 0.15) is 5.76 Å². The van der Waals surface area contributed by atoms with Crippen molar-refractivity contribution in [2.45, 2.75) is 52.8 Å². The maximum absolute atomic E-state index is 10.3. The Labute approximate surface area is 137 Å². The summed E-state index contributed by atoms with van der Waals surface area (Å²) in [6, 6.07) is 1.95. The summed E-state index contributed by atoms with van der Waals surface area (Å²) in [5, 5.41) is 18.7. The Morgan fingerprint density at radius 2 is 2.17 bits per heavy atom. The number of aliphatic hydroxyl groups excluding tert-OH is 1. The summed E-state index contributed by atoms with van der Waals surface area (Å²) in [4.78, 5) is 2.30. The molecule has 1 saturated heterocycles. The number of aliphatic hydroxyl groups is 1. The zero-order valence-electron chi connectivity index (χ0n) is 14.2. The Kier molecular flexibility index (Phi) is 4.82. The SMILES string of the molecule is CCCn1ncc(CN2C[C@@H](Cc3cc(C)no3)[C@@H](O)C2)c1C. The van der Waals surface area contributed by atoms with E-state index in [2.05, 4.69) is 33.7 Å². The van der Waals surface area contributed by atoms with Crippen molar-refractivity contribution < 1.29 is 9.63 Å². The molecule has 2 aromatic rings. The lowest BCUT2D eigenvalue weighted by Crippen LogP contribution is -2.21. The quantitative estimate of drug-likeness (QED) is 0.881. The van der Waals surface area contributed by atoms with Crippen LogP contribution in [0.15, 0.2) is 16.8 Å². The number of rotatable bonds is 6. The van der Waals surface area contributed by atoms with Crippen molar-refractivity contribution in [2.24, 2.45) is 5.92 Å². The van der Waals surface area contributed by atoms with Crippen LogP contribution in [-0.2, 0) is 19.5 Å². The molecule has 23 heavy (non-hydrogen) atoms. The average Bonchev–Trinajstić information content (AvgIpc) is 3.16. The van der Waals surface area contributed by atoms with Gasteiger partial charge >= 0.3 is 0 Å². The molecule has 6 nitrogen and oxygen atoms in total. The molecule has 0 bridgehead atoms. The third-order valence-electron chi connectivity index (χ3n) is 4.66. The van der Waals surface area contributed by atoms with Gasteiger partial charge in [-0.15, -0.1) is 0 Å². The minimum atomic E-state index is -0.314. The standard InChI is InChI=1S/C17H26N4O2/c1-4-5-21-13(3)15(8-18-21)10-20-9-14(17(22)11-20)7-16-6-12(2)19-23-16/h6,8,14,17,22H,4-5,7,9-11H2,1-3H3/t14-,17+/m1/s1. The van der Waals surface area contributed by atoms with E-state index in [0.717, 1.165) is 43.9 Å². The van der Waals surface area contributed by atoms with Crippen LogP contribution in [0, 0.1) is 19.8 Å². The number of aromatic nitrogens is 3. The Morgan fingerprint density at radius 1 is 1.35 bits per heavy atom. The monoisotopic (exact) mass is 318 g/mol. The van der Waals surface area contributed by atoms with Crippen LogP contribution in [0.1, 0.15) is 36.1 Å². The van der Waals surface area contributed by atoms with Gasteiger partial charge in [0, 0.05) is 55.8 Å². The smallest absolute Gasteiger partial charge is 0.137 e. The van der Waals surface area contributed by atoms with E-state index in [9.17, 15) is 5.11 Å². The van der Waals surface area contributed by atoms with Gasteiger partial charge in [-0.25, -0.2) is 0 Å². The van der Waals surface area contributed by atoms with Crippen LogP contribution < -0.4 is 0 Å². The van der Waals surface area contributed by atoms with Crippen LogP contribution >= 0.6 is 0 Å². The second-order valence-electron chi connectivity index (χ2n) is 6.64. The van der Waals surface area contributed by atoms with Gasteiger partial charge in [-0.1, -0.05) is 12.1 Å². The zero-order chi connectivity index (χ0) is 16.4. The van der Waals surface area contributed by atoms with Crippen molar-refractivity contribution in [2.75, 3.05) is 13.1 Å². The van der Waals surface area contributed by atoms with Crippen molar-refractivity contribution in [1.82, 2.24) is 19.8 Å². The first-order chi connectivity index (χ1) is 11.1. The molecular formula is C17H26N4O2. The van der Waals surface area contributed by atoms with Crippen LogP contribution in [0.5, 0.6) is 0 Å². The molecule has 1 N–H and O–H groups in total. The zero-order valence-corrected chi connectivity index (χ0v) is 14.2. The molecule has 0 unspecified atom stereocenters. The first-order valence-electron chi connectivity index (χ1n) is 8.40. The van der Waals surface area contributed by atoms with E-state index in [1.807, 2.05) is 19.2 Å². The molecule has 0 spiro atoms. The molecule has 2 atom stereocenters. The Morgan fingerprint density at radius 3 is 2.87 bits per heavy atom. The van der Waals surface area contributed by atoms with E-state index in [4.69, 9.17) is 4.52 Å². The molecular weight excluding hydrogens is 292 g/mol. The second kappa shape index (κ2) is 6.84. The van der Waals surface area contributed by atoms with Crippen LogP contribution in [0.3, 0.4) is 0 Å². The molecule has 6 heteroatoms. The van der Waals surface area contributed by atoms with Crippen LogP contribution in [0.25, 0.3) is 0 Å². The third-order valence-corrected chi connectivity index (χ3v) is 4.66. The first kappa shape index (κ1) is 16.2. The van der Waals surface area contributed by atoms with E-state index in [-0.39, 0.29) is 12.0 Å². The largest absolute Gasteiger partial charge is 0.391 e. The number of hydrogen-bond donors (Lipinski definition) is 1. The molecule has 0 aliphatic carbocycles. The summed E-state index contributed by atoms with van der Waals surface area (Å²) >= 11 is 0. The predicted molar refractivity (Wildman–Crippen MR) is 87.0 cm³/mol. The number of hydrogen-bond acceptors (Lipinski definition) is 5. The highest BCUT2D eigenvalue weighted by Crippen LogP contribution is 2.24. The van der Waals surface area contributed by atoms with Crippen molar-refractivity contribution in [1.29, 1.82) is 0 Å². The van der Waals surface area contributed by atoms with Gasteiger partial charge in [-0.3, -0.25) is 9.58 Å². The van der Waals surface area contributed by atoms with Gasteiger partial charge in [0.2, 0.25) is 0 Å². The Bertz CT molecular complexity index is 649. The molecule has 0 radical (unpaired) electrons. The lowest BCUT2D eigenvalue weighted by molar-refractivity contribution is 0.137. The maximum Gasteiger partial charge on any atom is 0.137 e. The highest BCUT2D eigenvalue weighted by Gasteiger charge is 2.32. The second-order valence-corrected chi connectivity index (χ2v) is 6.64. The Hall–Kier alpha value is -1.66. The van der Waals surface area contributed by atoms with E-state index in [1.165, 1.54) is 11.3 Å². The van der Waals surface area contributed by atoms with Crippen molar-refractivity contribution >= 4 is 0 Å². The molecule has 0 saturated carbocycles. The van der Waals surface area contributed by atoms with E-state index in [1.54, 1.807) is 0 Å². The predicted octanol–water partition coefficient (Wildman–Crippen LogP) is 1.93. The fraction of sp³-hybridized carbons (Fsp3) is 0.647. The van der Waals surface area contributed by atoms with Crippen LogP contribution in [-0.4, -0.2) is 44.1 Å². The van der Waals surface area contributed by atoms with E-state index < -0.39 is 0 Å². The van der Waals surface area contributed by atoms with Gasteiger partial charge in [0.15, 0.2) is 0 Å². The summed E-state index contributed by atoms with van der Waals surface area (Å²) in [6.45, 7) is 9.59. The van der Waals surface area contributed by atoms with Gasteiger partial charge in [-0.2, -0.15) is 5.10 Å². The lowest BCUT2D eigenvalue weighted by Gasteiger charge is -2.15. The van der Waals surface area contributed by atoms with E-state index in [0.29, 0.717) is 6.54 Å². The highest BCUT2D eigenvalue weighted by molar-refractivity contribution is 5.16. The van der Waals surface area contributed by atoms with Crippen molar-refractivity contribution in [3.63, 3.8) is 0 Å². The molecule has 3 rings (SSSR count). The molecule has 3 heterocycles. The minimum Gasteiger partial charge on any atom is -0.391 e. The fourth-order valence-corrected chi connectivity index (χ4v) is 3.36. The van der Waals surface area contributed by atoms with E-state index >= 15 is 0 Å². The molecule has 0 aromatic carbocycles. The number of aryl methyl sites for hydroxylation is 2. The van der Waals surface area contributed by atoms with Crippen molar-refractivity contribution in [3.05, 3.63) is 35.0 Å². The molecule has 1 aliphatic rings. The minimum absolute atomic E-state index is 0.202. The summed E-state index contributed by atoms with van der Waals surface area (Å²) in [5.74, 6) is 1.06. The molecule has 1 aliphatic heterocycles. The summed E-state index contributed by atoms with van der Waals surface area (Å²) in [6.07, 6.45) is 3.48. The summed E-state index contributed by atoms with van der Waals surface area (Å²) < 4.78 is 7.35. The molecule has 2 aromatic heterocycles. The van der Waals surface area contributed by atoms with Gasteiger partial charge in [0.05, 0.1) is 18.0 Å². The Balaban J connectivity index is 1.60. The van der Waals surface area contributed by atoms with Crippen molar-refractivity contribution in [3.8, 4) is 0 Å². The molecule has 1 fully saturated rings. The maximum atomic E-state index is 10.3. The normalized spacial score (nSPS) is 22.1. The van der Waals surface area contributed by atoms with Gasteiger partial charge in [0.25, 0.3) is 0 Å². The average molecular weight is 318 g/mol. The van der Waals surface area contributed by atoms with Gasteiger partial charge in [-0.05, 0) is 20.3 Å². The number of likely N-dealkylation sites (tertiary alicyclic amines) is 1. The number of β-amino-alcohol motifs (C(OH)–C–C–N with tert-alkyl or cyclic N) is 1. The van der Waals surface area contributed by atoms with Gasteiger partial charge < -0.3 is 9.63 Å². The van der Waals surface area contributed by atoms with Crippen LogP contribution in [0.4, 0.5) is 0 Å². The van der Waals surface area contributed by atoms with Crippen LogP contribution in [0.2, 0.25) is 0 Å². The molecule has 0 amide bonds. The highest BCUT2D eigenvalue weighted by atomic mass is 16.5. The fourth-order valence-electron chi connectivity index (χ4n) is 3.36. The topological polar surface area (TPSA) is 67.3 Å². The summed E-state index contributed by atoms with van der Waals surface area (Å²) in [5.41, 5.74) is 3.38. The molecule has 126 valence electrons. The lowest BCUT2D eigenvalue weighted by atomic mass is 10.0.